The van der Waals surface area contributed by atoms with E-state index in [4.69, 9.17) is 4.74 Å². The number of amides is 1. The summed E-state index contributed by atoms with van der Waals surface area (Å²) in [5, 5.41) is 0. The summed E-state index contributed by atoms with van der Waals surface area (Å²) < 4.78 is 45.3. The third-order valence-corrected chi connectivity index (χ3v) is 5.39. The third-order valence-electron chi connectivity index (χ3n) is 5.39. The molecule has 3 rings (SSSR count). The van der Waals surface area contributed by atoms with Gasteiger partial charge in [-0.3, -0.25) is 4.79 Å². The number of carbonyl (C=O) groups is 2. The Balaban J connectivity index is 2.04. The molecule has 170 valence electrons. The Morgan fingerprint density at radius 3 is 2.44 bits per heavy atom. The van der Waals surface area contributed by atoms with Crippen molar-refractivity contribution in [1.82, 2.24) is 4.90 Å². The normalized spacial score (nSPS) is 17.2. The van der Waals surface area contributed by atoms with Crippen LogP contribution in [0, 0.1) is 5.92 Å². The van der Waals surface area contributed by atoms with Crippen LogP contribution in [0.5, 0.6) is 0 Å². The zero-order valence-corrected chi connectivity index (χ0v) is 18.3. The van der Waals surface area contributed by atoms with Gasteiger partial charge >= 0.3 is 12.1 Å². The lowest BCUT2D eigenvalue weighted by atomic mass is 9.83. The highest BCUT2D eigenvalue weighted by Gasteiger charge is 2.38. The van der Waals surface area contributed by atoms with Crippen molar-refractivity contribution >= 4 is 11.9 Å². The zero-order valence-electron chi connectivity index (χ0n) is 18.3. The molecule has 1 atom stereocenters. The summed E-state index contributed by atoms with van der Waals surface area (Å²) >= 11 is 0. The lowest BCUT2D eigenvalue weighted by molar-refractivity contribution is -0.141. The lowest BCUT2D eigenvalue weighted by Crippen LogP contribution is -2.38. The lowest BCUT2D eigenvalue weighted by Gasteiger charge is -2.34. The van der Waals surface area contributed by atoms with Gasteiger partial charge in [0.05, 0.1) is 24.3 Å². The van der Waals surface area contributed by atoms with Gasteiger partial charge in [-0.05, 0) is 30.0 Å². The molecule has 1 unspecified atom stereocenters. The zero-order chi connectivity index (χ0) is 23.5. The largest absolute Gasteiger partial charge is 0.462 e. The van der Waals surface area contributed by atoms with E-state index < -0.39 is 23.6 Å². The van der Waals surface area contributed by atoms with Gasteiger partial charge in [0.1, 0.15) is 0 Å². The van der Waals surface area contributed by atoms with Crippen molar-refractivity contribution in [2.75, 3.05) is 6.61 Å². The SMILES string of the molecule is CC1=C(C(=O)OCC(C)C)C(c2cccc(C(F)(F)F)c2)CC(=O)N1Cc1ccccc1. The van der Waals surface area contributed by atoms with Gasteiger partial charge < -0.3 is 9.64 Å². The first-order valence-electron chi connectivity index (χ1n) is 10.5. The maximum absolute atomic E-state index is 13.3. The molecule has 1 heterocycles. The minimum atomic E-state index is -4.52. The number of allylic oxidation sites excluding steroid dienone is 1. The first-order valence-corrected chi connectivity index (χ1v) is 10.5. The van der Waals surface area contributed by atoms with E-state index in [1.807, 2.05) is 44.2 Å². The second-order valence-corrected chi connectivity index (χ2v) is 8.34. The van der Waals surface area contributed by atoms with Gasteiger partial charge in [-0.1, -0.05) is 62.4 Å². The number of hydrogen-bond donors (Lipinski definition) is 0. The van der Waals surface area contributed by atoms with E-state index in [1.165, 1.54) is 17.0 Å². The first-order chi connectivity index (χ1) is 15.1. The molecule has 2 aromatic carbocycles. The maximum Gasteiger partial charge on any atom is 0.416 e. The van der Waals surface area contributed by atoms with Crippen molar-refractivity contribution in [3.05, 3.63) is 82.6 Å². The van der Waals surface area contributed by atoms with E-state index in [9.17, 15) is 22.8 Å². The van der Waals surface area contributed by atoms with E-state index in [0.29, 0.717) is 5.70 Å². The van der Waals surface area contributed by atoms with E-state index in [2.05, 4.69) is 0 Å². The van der Waals surface area contributed by atoms with E-state index in [1.54, 1.807) is 6.92 Å². The Bertz CT molecular complexity index is 1010. The monoisotopic (exact) mass is 445 g/mol. The highest BCUT2D eigenvalue weighted by atomic mass is 19.4. The van der Waals surface area contributed by atoms with Crippen LogP contribution < -0.4 is 0 Å². The molecule has 0 N–H and O–H groups in total. The highest BCUT2D eigenvalue weighted by molar-refractivity contribution is 5.95. The first kappa shape index (κ1) is 23.6. The van der Waals surface area contributed by atoms with Crippen LogP contribution >= 0.6 is 0 Å². The molecule has 0 bridgehead atoms. The quantitative estimate of drug-likeness (QED) is 0.537. The number of carbonyl (C=O) groups excluding carboxylic acids is 2. The average molecular weight is 445 g/mol. The van der Waals surface area contributed by atoms with Crippen molar-refractivity contribution < 1.29 is 27.5 Å². The molecular weight excluding hydrogens is 419 g/mol. The van der Waals surface area contributed by atoms with Gasteiger partial charge in [0.15, 0.2) is 0 Å². The van der Waals surface area contributed by atoms with Crippen LogP contribution in [0.25, 0.3) is 0 Å². The molecule has 32 heavy (non-hydrogen) atoms. The van der Waals surface area contributed by atoms with E-state index in [-0.39, 0.29) is 42.5 Å². The molecule has 1 aliphatic heterocycles. The fraction of sp³-hybridized carbons (Fsp3) is 0.360. The number of esters is 1. The maximum atomic E-state index is 13.3. The minimum absolute atomic E-state index is 0.0949. The summed E-state index contributed by atoms with van der Waals surface area (Å²) in [5.41, 5.74) is 0.958. The Hall–Kier alpha value is -3.09. The van der Waals surface area contributed by atoms with Crippen LogP contribution in [-0.4, -0.2) is 23.4 Å². The number of benzene rings is 2. The van der Waals surface area contributed by atoms with Crippen LogP contribution in [0.15, 0.2) is 65.9 Å². The molecule has 4 nitrogen and oxygen atoms in total. The van der Waals surface area contributed by atoms with Crippen molar-refractivity contribution in [3.63, 3.8) is 0 Å². The molecule has 0 fully saturated rings. The molecule has 0 radical (unpaired) electrons. The fourth-order valence-corrected chi connectivity index (χ4v) is 3.77. The van der Waals surface area contributed by atoms with Gasteiger partial charge in [-0.2, -0.15) is 13.2 Å². The number of ether oxygens (including phenoxy) is 1. The van der Waals surface area contributed by atoms with E-state index in [0.717, 1.165) is 17.7 Å². The topological polar surface area (TPSA) is 46.6 Å². The molecule has 0 aromatic heterocycles. The second kappa shape index (κ2) is 9.59. The molecule has 0 saturated heterocycles. The van der Waals surface area contributed by atoms with Gasteiger partial charge in [0.25, 0.3) is 0 Å². The van der Waals surface area contributed by atoms with Crippen LogP contribution in [0.1, 0.15) is 49.8 Å². The molecule has 2 aromatic rings. The summed E-state index contributed by atoms with van der Waals surface area (Å²) in [6, 6.07) is 14.1. The smallest absolute Gasteiger partial charge is 0.416 e. The van der Waals surface area contributed by atoms with Crippen molar-refractivity contribution in [1.29, 1.82) is 0 Å². The van der Waals surface area contributed by atoms with Crippen molar-refractivity contribution in [3.8, 4) is 0 Å². The average Bonchev–Trinajstić information content (AvgIpc) is 2.75. The standard InChI is InChI=1S/C25H26F3NO3/c1-16(2)15-32-24(31)23-17(3)29(14-18-8-5-4-6-9-18)22(30)13-21(23)19-10-7-11-20(12-19)25(26,27)28/h4-12,16,21H,13-15H2,1-3H3. The molecule has 1 amide bonds. The minimum Gasteiger partial charge on any atom is -0.462 e. The Morgan fingerprint density at radius 1 is 1.12 bits per heavy atom. The van der Waals surface area contributed by atoms with Crippen LogP contribution in [0.3, 0.4) is 0 Å². The Labute approximate surface area is 185 Å². The van der Waals surface area contributed by atoms with Crippen LogP contribution in [-0.2, 0) is 27.0 Å². The molecule has 1 aliphatic rings. The highest BCUT2D eigenvalue weighted by Crippen LogP contribution is 2.39. The van der Waals surface area contributed by atoms with Gasteiger partial charge in [-0.25, -0.2) is 4.79 Å². The van der Waals surface area contributed by atoms with Crippen molar-refractivity contribution in [2.45, 2.75) is 45.8 Å². The van der Waals surface area contributed by atoms with Crippen LogP contribution in [0.2, 0.25) is 0 Å². The summed E-state index contributed by atoms with van der Waals surface area (Å²) in [6.45, 7) is 5.88. The molecule has 0 aliphatic carbocycles. The van der Waals surface area contributed by atoms with Crippen molar-refractivity contribution in [2.24, 2.45) is 5.92 Å². The Kier molecular flexibility index (Phi) is 7.06. The molecule has 0 saturated carbocycles. The number of nitrogens with zero attached hydrogens (tertiary/aromatic N) is 1. The van der Waals surface area contributed by atoms with Gasteiger partial charge in [0, 0.05) is 18.0 Å². The predicted molar refractivity (Wildman–Crippen MR) is 114 cm³/mol. The fourth-order valence-electron chi connectivity index (χ4n) is 3.77. The molecular formula is C25H26F3NO3. The third kappa shape index (κ3) is 5.39. The summed E-state index contributed by atoms with van der Waals surface area (Å²) in [4.78, 5) is 27.6. The summed E-state index contributed by atoms with van der Waals surface area (Å²) in [5.74, 6) is -1.58. The number of rotatable bonds is 6. The van der Waals surface area contributed by atoms with Gasteiger partial charge in [-0.15, -0.1) is 0 Å². The predicted octanol–water partition coefficient (Wildman–Crippen LogP) is 5.69. The second-order valence-electron chi connectivity index (χ2n) is 8.34. The summed E-state index contributed by atoms with van der Waals surface area (Å²) in [6.07, 6.45) is -4.64. The number of hydrogen-bond acceptors (Lipinski definition) is 3. The van der Waals surface area contributed by atoms with Gasteiger partial charge in [0.2, 0.25) is 5.91 Å². The summed E-state index contributed by atoms with van der Waals surface area (Å²) in [7, 11) is 0. The number of halogens is 3. The van der Waals surface area contributed by atoms with E-state index >= 15 is 0 Å². The number of alkyl halides is 3. The molecule has 7 heteroatoms. The molecule has 0 spiro atoms. The van der Waals surface area contributed by atoms with Crippen LogP contribution in [0.4, 0.5) is 13.2 Å². The Morgan fingerprint density at radius 2 is 1.81 bits per heavy atom.